The van der Waals surface area contributed by atoms with Gasteiger partial charge >= 0.3 is 12.4 Å². The molecule has 0 fully saturated rings. The van der Waals surface area contributed by atoms with Gasteiger partial charge in [0.1, 0.15) is 12.3 Å². The number of benzene rings is 1. The Morgan fingerprint density at radius 2 is 1.65 bits per heavy atom. The summed E-state index contributed by atoms with van der Waals surface area (Å²) >= 11 is 0. The highest BCUT2D eigenvalue weighted by Gasteiger charge is 2.38. The fourth-order valence-electron chi connectivity index (χ4n) is 2.85. The number of rotatable bonds is 8. The molecule has 2 rings (SSSR count). The van der Waals surface area contributed by atoms with Crippen LogP contribution in [0.4, 0.5) is 30.7 Å². The third kappa shape index (κ3) is 7.03. The fraction of sp³-hybridized carbons (Fsp3) is 0.500. The quantitative estimate of drug-likeness (QED) is 0.437. The molecule has 0 spiro atoms. The average Bonchev–Trinajstić information content (AvgIpc) is 2.69. The van der Waals surface area contributed by atoms with Crippen LogP contribution in [0.1, 0.15) is 36.1 Å². The Hall–Kier alpha value is -1.95. The molecule has 0 radical (unpaired) electrons. The lowest BCUT2D eigenvalue weighted by Crippen LogP contribution is -2.35. The van der Waals surface area contributed by atoms with Crippen molar-refractivity contribution in [2.75, 3.05) is 13.2 Å². The third-order valence-corrected chi connectivity index (χ3v) is 4.47. The predicted molar refractivity (Wildman–Crippen MR) is 95.5 cm³/mol. The Balaban J connectivity index is 2.32. The highest BCUT2D eigenvalue weighted by Crippen LogP contribution is 2.38. The maximum absolute atomic E-state index is 13.2. The minimum atomic E-state index is -5.03. The summed E-state index contributed by atoms with van der Waals surface area (Å²) in [7, 11) is 0. The average molecular weight is 458 g/mol. The molecule has 1 aromatic carbocycles. The van der Waals surface area contributed by atoms with Gasteiger partial charge in [-0.15, -0.1) is 0 Å². The Morgan fingerprint density at radius 1 is 1.06 bits per heavy atom. The van der Waals surface area contributed by atoms with E-state index in [9.17, 15) is 35.8 Å². The van der Waals surface area contributed by atoms with Crippen LogP contribution in [-0.4, -0.2) is 42.0 Å². The number of ether oxygens (including phenoxy) is 2. The lowest BCUT2D eigenvalue weighted by Gasteiger charge is -2.29. The van der Waals surface area contributed by atoms with E-state index in [-0.39, 0.29) is 24.7 Å². The molecule has 174 valence electrons. The van der Waals surface area contributed by atoms with Crippen molar-refractivity contribution in [1.82, 2.24) is 0 Å². The number of allylic oxidation sites excluding steroid dienone is 2. The van der Waals surface area contributed by atoms with E-state index in [0.717, 1.165) is 0 Å². The molecule has 0 aliphatic heterocycles. The minimum Gasteiger partial charge on any atom is -0.394 e. The third-order valence-electron chi connectivity index (χ3n) is 4.47. The van der Waals surface area contributed by atoms with Gasteiger partial charge in [-0.3, -0.25) is 0 Å². The summed E-state index contributed by atoms with van der Waals surface area (Å²) in [5.41, 5.74) is -3.26. The monoisotopic (exact) mass is 458 g/mol. The molecule has 0 heterocycles. The Kier molecular flexibility index (Phi) is 8.26. The van der Waals surface area contributed by atoms with E-state index in [2.05, 4.69) is 0 Å². The van der Waals surface area contributed by atoms with Crippen LogP contribution in [0, 0.1) is 0 Å². The number of alkyl halides is 7. The highest BCUT2D eigenvalue weighted by molar-refractivity contribution is 5.35. The Labute approximate surface area is 173 Å². The first-order chi connectivity index (χ1) is 14.3. The molecular weight excluding hydrogens is 437 g/mol. The lowest BCUT2D eigenvalue weighted by atomic mass is 10.00. The number of aliphatic hydroxyl groups is 2. The fourth-order valence-corrected chi connectivity index (χ4v) is 2.85. The molecule has 0 amide bonds. The number of hydrogen-bond acceptors (Lipinski definition) is 4. The van der Waals surface area contributed by atoms with E-state index in [1.54, 1.807) is 0 Å². The van der Waals surface area contributed by atoms with E-state index < -0.39 is 60.3 Å². The van der Waals surface area contributed by atoms with E-state index in [1.165, 1.54) is 25.2 Å². The van der Waals surface area contributed by atoms with Crippen LogP contribution in [0.5, 0.6) is 0 Å². The number of halogens is 7. The van der Waals surface area contributed by atoms with Crippen LogP contribution in [-0.2, 0) is 21.8 Å². The molecule has 1 aliphatic rings. The summed E-state index contributed by atoms with van der Waals surface area (Å²) in [5, 5.41) is 19.4. The molecule has 31 heavy (non-hydrogen) atoms. The summed E-state index contributed by atoms with van der Waals surface area (Å²) < 4.78 is 102. The van der Waals surface area contributed by atoms with Gasteiger partial charge in [-0.25, -0.2) is 4.39 Å². The van der Waals surface area contributed by atoms with Crippen molar-refractivity contribution in [3.05, 3.63) is 58.7 Å². The summed E-state index contributed by atoms with van der Waals surface area (Å²) in [6.07, 6.45) is -11.9. The SMILES string of the molecule is C[C@@H](O[C@@H](OCCO)C(O)C1=CCC(F)C=C1)c1cc(C(F)(F)F)cc(C(F)(F)F)c1. The van der Waals surface area contributed by atoms with Gasteiger partial charge in [-0.05, 0) is 36.3 Å². The molecule has 2 unspecified atom stereocenters. The van der Waals surface area contributed by atoms with Gasteiger partial charge in [0.25, 0.3) is 0 Å². The van der Waals surface area contributed by atoms with Crippen molar-refractivity contribution in [3.63, 3.8) is 0 Å². The zero-order chi connectivity index (χ0) is 23.4. The maximum atomic E-state index is 13.2. The standard InChI is InChI=1S/C20H21F7O4/c1-11(13-8-14(19(22,23)24)10-15(9-13)20(25,26)27)31-18(30-7-6-28)17(29)12-2-4-16(21)5-3-12/h2-4,8-11,16-18,28-29H,5-7H2,1H3/t11-,16?,17?,18-/m1/s1. The molecule has 11 heteroatoms. The van der Waals surface area contributed by atoms with Gasteiger partial charge in [0.15, 0.2) is 6.29 Å². The first-order valence-corrected chi connectivity index (χ1v) is 9.20. The lowest BCUT2D eigenvalue weighted by molar-refractivity contribution is -0.209. The summed E-state index contributed by atoms with van der Waals surface area (Å²) in [6.45, 7) is 0.387. The molecule has 0 bridgehead atoms. The van der Waals surface area contributed by atoms with Gasteiger partial charge in [-0.2, -0.15) is 26.3 Å². The topological polar surface area (TPSA) is 58.9 Å². The maximum Gasteiger partial charge on any atom is 0.416 e. The van der Waals surface area contributed by atoms with Crippen molar-refractivity contribution in [1.29, 1.82) is 0 Å². The summed E-state index contributed by atoms with van der Waals surface area (Å²) in [5.74, 6) is 0. The molecule has 0 saturated carbocycles. The van der Waals surface area contributed by atoms with Gasteiger partial charge in [0.05, 0.1) is 30.4 Å². The van der Waals surface area contributed by atoms with Crippen LogP contribution in [0.3, 0.4) is 0 Å². The van der Waals surface area contributed by atoms with Crippen LogP contribution < -0.4 is 0 Å². The van der Waals surface area contributed by atoms with Gasteiger partial charge in [-0.1, -0.05) is 18.2 Å². The number of aliphatic hydroxyl groups excluding tert-OH is 2. The second-order valence-corrected chi connectivity index (χ2v) is 6.84. The van der Waals surface area contributed by atoms with E-state index in [1.807, 2.05) is 0 Å². The Morgan fingerprint density at radius 3 is 2.10 bits per heavy atom. The first kappa shape index (κ1) is 25.3. The van der Waals surface area contributed by atoms with Crippen molar-refractivity contribution in [2.45, 2.75) is 50.4 Å². The van der Waals surface area contributed by atoms with Crippen molar-refractivity contribution >= 4 is 0 Å². The van der Waals surface area contributed by atoms with Crippen molar-refractivity contribution in [3.8, 4) is 0 Å². The second kappa shape index (κ2) is 10.1. The molecule has 4 nitrogen and oxygen atoms in total. The highest BCUT2D eigenvalue weighted by atomic mass is 19.4. The number of hydrogen-bond donors (Lipinski definition) is 2. The van der Waals surface area contributed by atoms with Crippen molar-refractivity contribution < 1.29 is 50.4 Å². The van der Waals surface area contributed by atoms with E-state index >= 15 is 0 Å². The van der Waals surface area contributed by atoms with E-state index in [4.69, 9.17) is 14.6 Å². The smallest absolute Gasteiger partial charge is 0.394 e. The predicted octanol–water partition coefficient (Wildman–Crippen LogP) is 4.72. The van der Waals surface area contributed by atoms with Crippen LogP contribution in [0.2, 0.25) is 0 Å². The van der Waals surface area contributed by atoms with Crippen LogP contribution in [0.15, 0.2) is 42.0 Å². The molecule has 0 saturated heterocycles. The van der Waals surface area contributed by atoms with Gasteiger partial charge in [0, 0.05) is 6.42 Å². The Bertz CT molecular complexity index is 769. The zero-order valence-corrected chi connectivity index (χ0v) is 16.3. The summed E-state index contributed by atoms with van der Waals surface area (Å²) in [4.78, 5) is 0. The molecule has 4 atom stereocenters. The molecule has 1 aliphatic carbocycles. The zero-order valence-electron chi connectivity index (χ0n) is 16.3. The molecule has 0 aromatic heterocycles. The molecule has 1 aromatic rings. The second-order valence-electron chi connectivity index (χ2n) is 6.84. The van der Waals surface area contributed by atoms with Crippen LogP contribution in [0.25, 0.3) is 0 Å². The van der Waals surface area contributed by atoms with E-state index in [0.29, 0.717) is 12.1 Å². The summed E-state index contributed by atoms with van der Waals surface area (Å²) in [6, 6.07) is 1.03. The van der Waals surface area contributed by atoms with Gasteiger partial charge < -0.3 is 19.7 Å². The van der Waals surface area contributed by atoms with Gasteiger partial charge in [0.2, 0.25) is 0 Å². The largest absolute Gasteiger partial charge is 0.416 e. The normalized spacial score (nSPS) is 20.3. The molecule has 2 N–H and O–H groups in total. The first-order valence-electron chi connectivity index (χ1n) is 9.20. The molecular formula is C20H21F7O4. The van der Waals surface area contributed by atoms with Crippen LogP contribution >= 0.6 is 0 Å². The minimum absolute atomic E-state index is 0.00414. The van der Waals surface area contributed by atoms with Crippen molar-refractivity contribution in [2.24, 2.45) is 0 Å².